The van der Waals surface area contributed by atoms with Crippen LogP contribution in [0.5, 0.6) is 0 Å². The van der Waals surface area contributed by atoms with Crippen molar-refractivity contribution >= 4 is 0 Å². The summed E-state index contributed by atoms with van der Waals surface area (Å²) >= 11 is 0. The van der Waals surface area contributed by atoms with E-state index >= 15 is 0 Å². The fourth-order valence-electron chi connectivity index (χ4n) is 1.99. The summed E-state index contributed by atoms with van der Waals surface area (Å²) in [5, 5.41) is 2.16. The smallest absolute Gasteiger partial charge is 0.0588 e. The molecule has 3 heteroatoms. The molecule has 0 bridgehead atoms. The van der Waals surface area contributed by atoms with E-state index in [9.17, 15) is 0 Å². The van der Waals surface area contributed by atoms with E-state index < -0.39 is 0 Å². The fraction of sp³-hybridized carbons (Fsp3) is 0.400. The van der Waals surface area contributed by atoms with E-state index in [1.54, 1.807) is 0 Å². The Morgan fingerprint density at radius 1 is 1.31 bits per heavy atom. The van der Waals surface area contributed by atoms with E-state index in [1.165, 1.54) is 24.2 Å². The predicted molar refractivity (Wildman–Crippen MR) is 51.1 cm³/mol. The van der Waals surface area contributed by atoms with Crippen molar-refractivity contribution in [3.8, 4) is 0 Å². The maximum atomic E-state index is 3.36. The van der Waals surface area contributed by atoms with Crippen molar-refractivity contribution in [3.63, 3.8) is 0 Å². The minimum Gasteiger partial charge on any atom is -0.341 e. The summed E-state index contributed by atoms with van der Waals surface area (Å²) in [6.07, 6.45) is 11.2. The Balaban J connectivity index is 1.93. The lowest BCUT2D eigenvalue weighted by Gasteiger charge is -2.35. The number of hydrogen-bond acceptors (Lipinski definition) is 3. The molecule has 0 aromatic rings. The molecule has 0 spiro atoms. The maximum Gasteiger partial charge on any atom is 0.0588 e. The number of fused-ring (bicyclic) bond motifs is 2. The number of rotatable bonds is 0. The normalized spacial score (nSPS) is 25.2. The molecule has 0 atom stereocenters. The van der Waals surface area contributed by atoms with E-state index in [0.29, 0.717) is 0 Å². The van der Waals surface area contributed by atoms with E-state index in [2.05, 4.69) is 39.9 Å². The van der Waals surface area contributed by atoms with Crippen molar-refractivity contribution in [2.75, 3.05) is 13.1 Å². The number of allylic oxidation sites excluding steroid dienone is 2. The first-order chi connectivity index (χ1) is 6.43. The van der Waals surface area contributed by atoms with Crippen molar-refractivity contribution in [2.45, 2.75) is 12.8 Å². The molecule has 0 radical (unpaired) electrons. The molecule has 3 heterocycles. The SMILES string of the molecule is C1=CC2=CN3NCCCC3=CN2C1. The predicted octanol–water partition coefficient (Wildman–Crippen LogP) is 1.16. The van der Waals surface area contributed by atoms with Gasteiger partial charge in [-0.15, -0.1) is 0 Å². The van der Waals surface area contributed by atoms with Crippen molar-refractivity contribution in [1.82, 2.24) is 15.3 Å². The highest BCUT2D eigenvalue weighted by Crippen LogP contribution is 2.26. The van der Waals surface area contributed by atoms with Crippen molar-refractivity contribution in [3.05, 3.63) is 35.9 Å². The van der Waals surface area contributed by atoms with Gasteiger partial charge in [0.2, 0.25) is 0 Å². The van der Waals surface area contributed by atoms with Gasteiger partial charge >= 0.3 is 0 Å². The summed E-state index contributed by atoms with van der Waals surface area (Å²) in [5.41, 5.74) is 6.04. The Hall–Kier alpha value is -1.22. The zero-order chi connectivity index (χ0) is 8.67. The highest BCUT2D eigenvalue weighted by molar-refractivity contribution is 5.31. The number of nitrogens with one attached hydrogen (secondary N) is 1. The Kier molecular flexibility index (Phi) is 1.46. The minimum absolute atomic E-state index is 1.03. The van der Waals surface area contributed by atoms with Crippen LogP contribution in [0, 0.1) is 0 Å². The first kappa shape index (κ1) is 7.21. The lowest BCUT2D eigenvalue weighted by atomic mass is 10.2. The van der Waals surface area contributed by atoms with Gasteiger partial charge in [0.15, 0.2) is 0 Å². The van der Waals surface area contributed by atoms with Gasteiger partial charge in [-0.05, 0) is 18.9 Å². The van der Waals surface area contributed by atoms with Crippen LogP contribution in [0.1, 0.15) is 12.8 Å². The molecule has 3 aliphatic heterocycles. The molecule has 1 fully saturated rings. The zero-order valence-electron chi connectivity index (χ0n) is 7.53. The third kappa shape index (κ3) is 1.08. The lowest BCUT2D eigenvalue weighted by Crippen LogP contribution is -2.41. The second kappa shape index (κ2) is 2.64. The largest absolute Gasteiger partial charge is 0.341 e. The van der Waals surface area contributed by atoms with Crippen LogP contribution in [0.2, 0.25) is 0 Å². The average Bonchev–Trinajstić information content (AvgIpc) is 2.61. The van der Waals surface area contributed by atoms with E-state index in [0.717, 1.165) is 13.1 Å². The van der Waals surface area contributed by atoms with Crippen LogP contribution in [-0.4, -0.2) is 23.0 Å². The van der Waals surface area contributed by atoms with Crippen LogP contribution in [-0.2, 0) is 0 Å². The molecule has 0 unspecified atom stereocenters. The second-order valence-electron chi connectivity index (χ2n) is 3.61. The summed E-state index contributed by atoms with van der Waals surface area (Å²) < 4.78 is 0. The first-order valence-corrected chi connectivity index (χ1v) is 4.82. The molecule has 3 rings (SSSR count). The fourth-order valence-corrected chi connectivity index (χ4v) is 1.99. The minimum atomic E-state index is 1.03. The number of hydrazine groups is 1. The van der Waals surface area contributed by atoms with Gasteiger partial charge in [0.05, 0.1) is 11.4 Å². The van der Waals surface area contributed by atoms with Gasteiger partial charge in [0, 0.05) is 25.5 Å². The summed E-state index contributed by atoms with van der Waals surface area (Å²) in [6.45, 7) is 2.12. The van der Waals surface area contributed by atoms with Gasteiger partial charge < -0.3 is 4.90 Å². The highest BCUT2D eigenvalue weighted by atomic mass is 15.5. The van der Waals surface area contributed by atoms with Crippen molar-refractivity contribution < 1.29 is 0 Å². The molecule has 0 saturated carbocycles. The van der Waals surface area contributed by atoms with Crippen molar-refractivity contribution in [2.24, 2.45) is 0 Å². The molecule has 68 valence electrons. The van der Waals surface area contributed by atoms with E-state index in [-0.39, 0.29) is 0 Å². The lowest BCUT2D eigenvalue weighted by molar-refractivity contribution is 0.260. The van der Waals surface area contributed by atoms with E-state index in [4.69, 9.17) is 0 Å². The molecule has 1 N–H and O–H groups in total. The van der Waals surface area contributed by atoms with Gasteiger partial charge in [-0.1, -0.05) is 6.08 Å². The second-order valence-corrected chi connectivity index (χ2v) is 3.61. The Labute approximate surface area is 78.0 Å². The quantitative estimate of drug-likeness (QED) is 0.596. The van der Waals surface area contributed by atoms with Gasteiger partial charge in [0.25, 0.3) is 0 Å². The summed E-state index contributed by atoms with van der Waals surface area (Å²) in [6, 6.07) is 0. The van der Waals surface area contributed by atoms with Gasteiger partial charge in [-0.3, -0.25) is 5.01 Å². The third-order valence-corrected chi connectivity index (χ3v) is 2.69. The first-order valence-electron chi connectivity index (χ1n) is 4.82. The molecule has 0 aromatic heterocycles. The van der Waals surface area contributed by atoms with Crippen LogP contribution >= 0.6 is 0 Å². The molecule has 1 saturated heterocycles. The molecule has 3 nitrogen and oxygen atoms in total. The molecule has 0 aliphatic carbocycles. The van der Waals surface area contributed by atoms with Crippen molar-refractivity contribution in [1.29, 1.82) is 0 Å². The number of nitrogens with zero attached hydrogens (tertiary/aromatic N) is 2. The summed E-state index contributed by atoms with van der Waals surface area (Å²) in [5.74, 6) is 0. The van der Waals surface area contributed by atoms with Gasteiger partial charge in [-0.2, -0.15) is 0 Å². The number of hydrogen-bond donors (Lipinski definition) is 1. The summed E-state index contributed by atoms with van der Waals surface area (Å²) in [7, 11) is 0. The zero-order valence-corrected chi connectivity index (χ0v) is 7.53. The molecular weight excluding hydrogens is 162 g/mol. The molecule has 13 heavy (non-hydrogen) atoms. The van der Waals surface area contributed by atoms with Crippen LogP contribution in [0.15, 0.2) is 35.9 Å². The Morgan fingerprint density at radius 2 is 2.31 bits per heavy atom. The maximum absolute atomic E-state index is 3.36. The molecule has 3 aliphatic rings. The van der Waals surface area contributed by atoms with Gasteiger partial charge in [0.1, 0.15) is 0 Å². The summed E-state index contributed by atoms with van der Waals surface area (Å²) in [4.78, 5) is 2.29. The highest BCUT2D eigenvalue weighted by Gasteiger charge is 2.21. The van der Waals surface area contributed by atoms with Crippen LogP contribution in [0.25, 0.3) is 0 Å². The third-order valence-electron chi connectivity index (χ3n) is 2.69. The van der Waals surface area contributed by atoms with E-state index in [1.807, 2.05) is 0 Å². The van der Waals surface area contributed by atoms with Crippen LogP contribution < -0.4 is 5.43 Å². The Bertz CT molecular complexity index is 314. The monoisotopic (exact) mass is 175 g/mol. The van der Waals surface area contributed by atoms with Crippen LogP contribution in [0.4, 0.5) is 0 Å². The Morgan fingerprint density at radius 3 is 3.31 bits per heavy atom. The van der Waals surface area contributed by atoms with Crippen LogP contribution in [0.3, 0.4) is 0 Å². The van der Waals surface area contributed by atoms with Gasteiger partial charge in [-0.25, -0.2) is 5.43 Å². The standard InChI is InChI=1S/C10H13N3/c1-3-10-7-12-6-2-4-9(12)8-13(10)11-5-1/h2,4,7-8,11H,1,3,5-6H2. The molecular formula is C10H13N3. The molecule has 0 amide bonds. The molecule has 0 aromatic carbocycles. The average molecular weight is 175 g/mol. The topological polar surface area (TPSA) is 18.5 Å².